The average molecular weight is 498 g/mol. The minimum absolute atomic E-state index is 0.131. The summed E-state index contributed by atoms with van der Waals surface area (Å²) in [7, 11) is 0. The number of benzene rings is 1. The molecule has 0 heterocycles. The molecule has 0 aromatic heterocycles. The van der Waals surface area contributed by atoms with Crippen molar-refractivity contribution in [3.05, 3.63) is 29.5 Å². The maximum absolute atomic E-state index is 10.1. The van der Waals surface area contributed by atoms with Gasteiger partial charge < -0.3 is 32.5 Å². The highest BCUT2D eigenvalue weighted by Crippen LogP contribution is 2.30. The Bertz CT molecular complexity index is 785. The zero-order valence-electron chi connectivity index (χ0n) is 22.4. The lowest BCUT2D eigenvalue weighted by Gasteiger charge is -2.12. The molecule has 0 aliphatic heterocycles. The summed E-state index contributed by atoms with van der Waals surface area (Å²) in [6.45, 7) is 16.9. The highest BCUT2D eigenvalue weighted by Gasteiger charge is 2.13. The molecular weight excluding hydrogens is 450 g/mol. The number of thiol groups is 1. The lowest BCUT2D eigenvalue weighted by Crippen LogP contribution is -2.18. The summed E-state index contributed by atoms with van der Waals surface area (Å²) in [5.41, 5.74) is 18.0. The number of nitrogens with zero attached hydrogens (tertiary/aromatic N) is 1. The number of hydrogen-bond acceptors (Lipinski definition) is 7. The van der Waals surface area contributed by atoms with Crippen molar-refractivity contribution in [1.82, 2.24) is 0 Å². The number of nitrogens with two attached hydrogens (primary N) is 3. The van der Waals surface area contributed by atoms with Crippen molar-refractivity contribution in [3.8, 4) is 5.75 Å². The monoisotopic (exact) mass is 497 g/mol. The quantitative estimate of drug-likeness (QED) is 0.0716. The van der Waals surface area contributed by atoms with E-state index >= 15 is 0 Å². The summed E-state index contributed by atoms with van der Waals surface area (Å²) >= 11 is 3.53. The topological polar surface area (TPSA) is 161 Å². The maximum Gasteiger partial charge on any atom is 0.204 e. The molecule has 0 atom stereocenters. The van der Waals surface area contributed by atoms with Gasteiger partial charge in [0.25, 0.3) is 0 Å². The van der Waals surface area contributed by atoms with E-state index in [0.717, 1.165) is 0 Å². The molecule has 0 radical (unpaired) electrons. The van der Waals surface area contributed by atoms with E-state index in [1.54, 1.807) is 31.4 Å². The van der Waals surface area contributed by atoms with Gasteiger partial charge in [0.15, 0.2) is 0 Å². The van der Waals surface area contributed by atoms with E-state index < -0.39 is 0 Å². The minimum atomic E-state index is -0.131. The first kappa shape index (κ1) is 35.9. The van der Waals surface area contributed by atoms with Crippen molar-refractivity contribution in [3.63, 3.8) is 0 Å². The molecule has 0 saturated heterocycles. The summed E-state index contributed by atoms with van der Waals surface area (Å²) in [6, 6.07) is 5.08. The molecule has 0 unspecified atom stereocenters. The zero-order chi connectivity index (χ0) is 27.5. The number of carbonyl (C=O) groups excluding carboxylic acids is 1. The van der Waals surface area contributed by atoms with Gasteiger partial charge in [0, 0.05) is 17.3 Å². The standard InChI is InChI=1S/C17H26N4O2.C6H14.CH3NO.CH4S/c1-5-23-15-9-12(18)6-7-14(15)21-17(20)11(4)16(22)13(19)8-10(2)3;1-5-6(2,3)4;2-1-3;1-2/h6-7,9-10,19,22H,5,8,18H2,1-4H3,(H2,20,21);5H2,1-4H3;1H,(H2,2,3);2H,1H3/b16-11-,19-13?;;;. The number of rotatable bonds is 7. The third kappa shape index (κ3) is 17.8. The van der Waals surface area contributed by atoms with Crippen LogP contribution < -0.4 is 21.9 Å². The van der Waals surface area contributed by atoms with E-state index in [4.69, 9.17) is 26.4 Å². The Hall–Kier alpha value is -2.68. The summed E-state index contributed by atoms with van der Waals surface area (Å²) in [5, 5.41) is 18.0. The summed E-state index contributed by atoms with van der Waals surface area (Å²) in [5.74, 6) is 0.812. The molecule has 9 heteroatoms. The molecule has 0 fully saturated rings. The number of nitrogen functional groups attached to an aromatic ring is 1. The van der Waals surface area contributed by atoms with Crippen LogP contribution in [0.25, 0.3) is 0 Å². The molecule has 1 aromatic carbocycles. The molecule has 0 aliphatic rings. The number of aliphatic imine (C=N–C) groups is 1. The first-order valence-corrected chi connectivity index (χ1v) is 12.1. The Morgan fingerprint density at radius 2 is 1.74 bits per heavy atom. The predicted octanol–water partition coefficient (Wildman–Crippen LogP) is 5.64. The minimum Gasteiger partial charge on any atom is -0.506 e. The molecule has 1 rings (SSSR count). The second-order valence-corrected chi connectivity index (χ2v) is 8.76. The maximum atomic E-state index is 10.1. The number of aliphatic hydroxyl groups is 1. The molecule has 8 nitrogen and oxygen atoms in total. The number of allylic oxidation sites excluding steroid dienone is 1. The van der Waals surface area contributed by atoms with E-state index in [2.05, 4.69) is 51.0 Å². The van der Waals surface area contributed by atoms with Crippen LogP contribution in [0.5, 0.6) is 5.75 Å². The molecule has 0 saturated carbocycles. The van der Waals surface area contributed by atoms with Gasteiger partial charge >= 0.3 is 0 Å². The largest absolute Gasteiger partial charge is 0.506 e. The van der Waals surface area contributed by atoms with E-state index in [1.165, 1.54) is 6.42 Å². The van der Waals surface area contributed by atoms with E-state index in [1.807, 2.05) is 20.8 Å². The van der Waals surface area contributed by atoms with Crippen LogP contribution in [0.1, 0.15) is 68.2 Å². The summed E-state index contributed by atoms with van der Waals surface area (Å²) in [6.07, 6.45) is 3.69. The van der Waals surface area contributed by atoms with Gasteiger partial charge in [0.1, 0.15) is 23.0 Å². The first-order valence-electron chi connectivity index (χ1n) is 11.2. The predicted molar refractivity (Wildman–Crippen MR) is 151 cm³/mol. The van der Waals surface area contributed by atoms with Crippen molar-refractivity contribution >= 4 is 42.0 Å². The Morgan fingerprint density at radius 1 is 1.26 bits per heavy atom. The van der Waals surface area contributed by atoms with Crippen LogP contribution in [0, 0.1) is 16.7 Å². The summed E-state index contributed by atoms with van der Waals surface area (Å²) in [4.78, 5) is 12.9. The highest BCUT2D eigenvalue weighted by molar-refractivity contribution is 7.79. The van der Waals surface area contributed by atoms with Gasteiger partial charge in [-0.1, -0.05) is 48.0 Å². The molecule has 34 heavy (non-hydrogen) atoms. The number of anilines is 1. The zero-order valence-corrected chi connectivity index (χ0v) is 23.3. The third-order valence-electron chi connectivity index (χ3n) is 4.22. The number of carbonyl (C=O) groups is 1. The van der Waals surface area contributed by atoms with Crippen LogP contribution >= 0.6 is 12.6 Å². The molecule has 1 aromatic rings. The second-order valence-electron chi connectivity index (χ2n) is 8.76. The second kappa shape index (κ2) is 19.8. The van der Waals surface area contributed by atoms with Crippen LogP contribution in [0.2, 0.25) is 0 Å². The van der Waals surface area contributed by atoms with Gasteiger partial charge in [0.05, 0.1) is 12.3 Å². The number of ether oxygens (including phenoxy) is 1. The Balaban J connectivity index is -0.000000733. The van der Waals surface area contributed by atoms with E-state index in [0.29, 0.717) is 41.1 Å². The van der Waals surface area contributed by atoms with Crippen molar-refractivity contribution in [2.45, 2.75) is 68.2 Å². The summed E-state index contributed by atoms with van der Waals surface area (Å²) < 4.78 is 5.50. The Labute approximate surface area is 212 Å². The fourth-order valence-corrected chi connectivity index (χ4v) is 1.96. The average Bonchev–Trinajstić information content (AvgIpc) is 2.76. The lowest BCUT2D eigenvalue weighted by molar-refractivity contribution is -0.106. The molecule has 0 aliphatic carbocycles. The Kier molecular flexibility index (Phi) is 20.9. The fraction of sp³-hybridized carbons (Fsp3) is 0.560. The number of nitrogens with one attached hydrogen (secondary N) is 1. The first-order chi connectivity index (χ1) is 15.7. The van der Waals surface area contributed by atoms with Gasteiger partial charge in [-0.3, -0.25) is 4.79 Å². The molecule has 8 N–H and O–H groups in total. The van der Waals surface area contributed by atoms with Crippen molar-refractivity contribution in [2.24, 2.45) is 27.8 Å². The molecule has 1 amide bonds. The van der Waals surface area contributed by atoms with Crippen LogP contribution in [-0.2, 0) is 4.79 Å². The van der Waals surface area contributed by atoms with Gasteiger partial charge in [-0.2, -0.15) is 12.6 Å². The van der Waals surface area contributed by atoms with Gasteiger partial charge in [0.2, 0.25) is 6.41 Å². The van der Waals surface area contributed by atoms with E-state index in [9.17, 15) is 5.11 Å². The molecule has 0 spiro atoms. The van der Waals surface area contributed by atoms with E-state index in [-0.39, 0.29) is 29.6 Å². The normalized spacial score (nSPS) is 11.4. The van der Waals surface area contributed by atoms with Gasteiger partial charge in [-0.15, -0.1) is 0 Å². The molecule has 0 bridgehead atoms. The number of amides is 1. The van der Waals surface area contributed by atoms with Crippen molar-refractivity contribution < 1.29 is 14.6 Å². The number of amidine groups is 1. The molecular formula is C25H47N5O3S. The number of primary amides is 1. The van der Waals surface area contributed by atoms with Crippen molar-refractivity contribution in [1.29, 1.82) is 5.41 Å². The van der Waals surface area contributed by atoms with Crippen LogP contribution in [0.4, 0.5) is 11.4 Å². The SMILES string of the molecule is CCC(C)(C)C.CCOc1cc(N)ccc1N=C(N)/C(C)=C(\O)C(=N)CC(C)C.CS.NC=O. The van der Waals surface area contributed by atoms with Gasteiger partial charge in [-0.25, -0.2) is 4.99 Å². The van der Waals surface area contributed by atoms with Crippen LogP contribution in [-0.4, -0.2) is 35.9 Å². The number of aliphatic hydroxyl groups excluding tert-OH is 1. The Morgan fingerprint density at radius 3 is 2.12 bits per heavy atom. The fourth-order valence-electron chi connectivity index (χ4n) is 1.96. The lowest BCUT2D eigenvalue weighted by atomic mass is 9.94. The van der Waals surface area contributed by atoms with Crippen LogP contribution in [0.15, 0.2) is 34.5 Å². The van der Waals surface area contributed by atoms with Gasteiger partial charge in [-0.05, 0) is 50.0 Å². The third-order valence-corrected chi connectivity index (χ3v) is 4.22. The van der Waals surface area contributed by atoms with Crippen molar-refractivity contribution in [2.75, 3.05) is 18.6 Å². The smallest absolute Gasteiger partial charge is 0.204 e. The number of hydrogen-bond donors (Lipinski definition) is 6. The highest BCUT2D eigenvalue weighted by atomic mass is 32.1. The molecule has 196 valence electrons. The van der Waals surface area contributed by atoms with Crippen LogP contribution in [0.3, 0.4) is 0 Å².